The maximum absolute atomic E-state index is 13.7. The van der Waals surface area contributed by atoms with E-state index in [4.69, 9.17) is 0 Å². The highest BCUT2D eigenvalue weighted by molar-refractivity contribution is 6.01. The summed E-state index contributed by atoms with van der Waals surface area (Å²) >= 11 is 0. The highest BCUT2D eigenvalue weighted by atomic mass is 19.1. The summed E-state index contributed by atoms with van der Waals surface area (Å²) in [7, 11) is 1.74. The van der Waals surface area contributed by atoms with Crippen LogP contribution in [0, 0.1) is 12.7 Å². The van der Waals surface area contributed by atoms with Crippen LogP contribution >= 0.6 is 0 Å². The van der Waals surface area contributed by atoms with Gasteiger partial charge in [0, 0.05) is 37.2 Å². The van der Waals surface area contributed by atoms with Crippen LogP contribution in [0.2, 0.25) is 0 Å². The number of hydrogen-bond acceptors (Lipinski definition) is 4. The molecule has 0 saturated heterocycles. The number of aliphatic hydroxyl groups is 1. The van der Waals surface area contributed by atoms with Crippen LogP contribution < -0.4 is 10.6 Å². The Morgan fingerprint density at radius 1 is 1.18 bits per heavy atom. The normalized spacial score (nSPS) is 10.6. The maximum atomic E-state index is 13.7. The fourth-order valence-corrected chi connectivity index (χ4v) is 2.96. The summed E-state index contributed by atoms with van der Waals surface area (Å²) in [6, 6.07) is 12.1. The minimum atomic E-state index is -0.294. The zero-order valence-corrected chi connectivity index (χ0v) is 15.8. The number of hydrogen-bond donors (Lipinski definition) is 3. The average molecular weight is 379 g/mol. The van der Waals surface area contributed by atoms with Crippen molar-refractivity contribution < 1.29 is 14.3 Å². The van der Waals surface area contributed by atoms with E-state index in [1.807, 2.05) is 12.1 Å². The van der Waals surface area contributed by atoms with Crippen LogP contribution in [0.3, 0.4) is 0 Å². The Morgan fingerprint density at radius 2 is 2.00 bits per heavy atom. The highest BCUT2D eigenvalue weighted by Crippen LogP contribution is 2.27. The van der Waals surface area contributed by atoms with Gasteiger partial charge in [0.05, 0.1) is 12.2 Å². The molecule has 0 aliphatic heterocycles. The van der Waals surface area contributed by atoms with Crippen molar-refractivity contribution in [3.63, 3.8) is 0 Å². The molecule has 3 aromatic rings. The number of nitrogens with one attached hydrogen (secondary N) is 2. The zero-order chi connectivity index (χ0) is 20.1. The first-order valence-corrected chi connectivity index (χ1v) is 8.92. The maximum Gasteiger partial charge on any atom is 0.253 e. The fourth-order valence-electron chi connectivity index (χ4n) is 2.96. The van der Waals surface area contributed by atoms with E-state index < -0.39 is 0 Å². The summed E-state index contributed by atoms with van der Waals surface area (Å²) in [6.45, 7) is 1.80. The smallest absolute Gasteiger partial charge is 0.253 e. The van der Waals surface area contributed by atoms with Crippen LogP contribution in [0.5, 0.6) is 0 Å². The Hall–Kier alpha value is -3.25. The second-order valence-corrected chi connectivity index (χ2v) is 6.47. The van der Waals surface area contributed by atoms with E-state index in [0.717, 1.165) is 16.7 Å². The molecule has 1 amide bonds. The van der Waals surface area contributed by atoms with E-state index >= 15 is 0 Å². The summed E-state index contributed by atoms with van der Waals surface area (Å²) in [6.07, 6.45) is 3.28. The minimum Gasteiger partial charge on any atom is -0.392 e. The first-order valence-electron chi connectivity index (χ1n) is 8.92. The van der Waals surface area contributed by atoms with Crippen molar-refractivity contribution in [3.8, 4) is 11.1 Å². The van der Waals surface area contributed by atoms with Crippen LogP contribution in [0.25, 0.3) is 11.1 Å². The van der Waals surface area contributed by atoms with Crippen molar-refractivity contribution in [3.05, 3.63) is 82.9 Å². The number of nitrogens with zero attached hydrogens (tertiary/aromatic N) is 1. The van der Waals surface area contributed by atoms with Crippen LogP contribution in [-0.4, -0.2) is 23.0 Å². The predicted octanol–water partition coefficient (Wildman–Crippen LogP) is 3.66. The molecule has 1 aromatic heterocycles. The minimum absolute atomic E-state index is 0.119. The first kappa shape index (κ1) is 19.5. The standard InChI is InChI=1S/C22H22FN3O2/c1-14-3-4-15(9-20(14)23)11-26-22(28)18-10-16(5-6-21(18)24-2)19-12-25-8-7-17(19)13-27/h3-10,12,24,27H,11,13H2,1-2H3,(H,26,28). The van der Waals surface area contributed by atoms with Gasteiger partial charge in [-0.1, -0.05) is 18.2 Å². The number of benzene rings is 2. The first-order chi connectivity index (χ1) is 13.5. The number of aromatic nitrogens is 1. The van der Waals surface area contributed by atoms with Crippen molar-refractivity contribution >= 4 is 11.6 Å². The van der Waals surface area contributed by atoms with Gasteiger partial charge in [0.2, 0.25) is 0 Å². The summed E-state index contributed by atoms with van der Waals surface area (Å²) in [5, 5.41) is 15.4. The monoisotopic (exact) mass is 379 g/mol. The lowest BCUT2D eigenvalue weighted by Gasteiger charge is -2.13. The molecule has 0 bridgehead atoms. The van der Waals surface area contributed by atoms with Crippen molar-refractivity contribution in [2.45, 2.75) is 20.1 Å². The Kier molecular flexibility index (Phi) is 6.01. The van der Waals surface area contributed by atoms with Gasteiger partial charge in [-0.05, 0) is 53.4 Å². The number of rotatable bonds is 6. The number of aliphatic hydroxyl groups excluding tert-OH is 1. The van der Waals surface area contributed by atoms with Crippen LogP contribution in [0.1, 0.15) is 27.0 Å². The average Bonchev–Trinajstić information content (AvgIpc) is 2.73. The second-order valence-electron chi connectivity index (χ2n) is 6.47. The third kappa shape index (κ3) is 4.18. The second kappa shape index (κ2) is 8.63. The Labute approximate surface area is 163 Å². The molecule has 1 heterocycles. The predicted molar refractivity (Wildman–Crippen MR) is 107 cm³/mol. The molecule has 0 saturated carbocycles. The third-order valence-electron chi connectivity index (χ3n) is 4.62. The summed E-state index contributed by atoms with van der Waals surface area (Å²) < 4.78 is 13.7. The quantitative estimate of drug-likeness (QED) is 0.611. The van der Waals surface area contributed by atoms with Gasteiger partial charge in [-0.3, -0.25) is 9.78 Å². The molecule has 0 aliphatic rings. The third-order valence-corrected chi connectivity index (χ3v) is 4.62. The molecule has 5 nitrogen and oxygen atoms in total. The van der Waals surface area contributed by atoms with E-state index in [1.54, 1.807) is 50.6 Å². The largest absolute Gasteiger partial charge is 0.392 e. The van der Waals surface area contributed by atoms with Gasteiger partial charge in [0.15, 0.2) is 0 Å². The van der Waals surface area contributed by atoms with Crippen LogP contribution in [0.15, 0.2) is 54.9 Å². The van der Waals surface area contributed by atoms with Crippen molar-refractivity contribution in [2.75, 3.05) is 12.4 Å². The zero-order valence-electron chi connectivity index (χ0n) is 15.8. The number of halogens is 1. The Balaban J connectivity index is 1.87. The van der Waals surface area contributed by atoms with Crippen LogP contribution in [-0.2, 0) is 13.2 Å². The molecule has 0 unspecified atom stereocenters. The van der Waals surface area contributed by atoms with E-state index in [1.165, 1.54) is 6.07 Å². The summed E-state index contributed by atoms with van der Waals surface area (Å²) in [5.41, 5.74) is 4.66. The Morgan fingerprint density at radius 3 is 2.71 bits per heavy atom. The lowest BCUT2D eigenvalue weighted by atomic mass is 9.99. The van der Waals surface area contributed by atoms with Gasteiger partial charge in [0.25, 0.3) is 5.91 Å². The van der Waals surface area contributed by atoms with Gasteiger partial charge in [-0.2, -0.15) is 0 Å². The van der Waals surface area contributed by atoms with Gasteiger partial charge in [-0.25, -0.2) is 4.39 Å². The lowest BCUT2D eigenvalue weighted by Crippen LogP contribution is -2.24. The van der Waals surface area contributed by atoms with E-state index in [-0.39, 0.29) is 24.9 Å². The van der Waals surface area contributed by atoms with Gasteiger partial charge >= 0.3 is 0 Å². The molecule has 6 heteroatoms. The number of carbonyl (C=O) groups is 1. The molecule has 0 spiro atoms. The van der Waals surface area contributed by atoms with E-state index in [9.17, 15) is 14.3 Å². The van der Waals surface area contributed by atoms with Crippen molar-refractivity contribution in [1.82, 2.24) is 10.3 Å². The SMILES string of the molecule is CNc1ccc(-c2cnccc2CO)cc1C(=O)NCc1ccc(C)c(F)c1. The Bertz CT molecular complexity index is 1000. The van der Waals surface area contributed by atoms with Gasteiger partial charge < -0.3 is 15.7 Å². The molecule has 3 N–H and O–H groups in total. The molecule has 0 radical (unpaired) electrons. The molecule has 144 valence electrons. The number of anilines is 1. The summed E-state index contributed by atoms with van der Waals surface area (Å²) in [5.74, 6) is -0.570. The number of pyridine rings is 1. The topological polar surface area (TPSA) is 74.2 Å². The van der Waals surface area contributed by atoms with E-state index in [2.05, 4.69) is 15.6 Å². The van der Waals surface area contributed by atoms with Gasteiger partial charge in [-0.15, -0.1) is 0 Å². The highest BCUT2D eigenvalue weighted by Gasteiger charge is 2.14. The molecule has 0 aliphatic carbocycles. The molecule has 0 fully saturated rings. The summed E-state index contributed by atoms with van der Waals surface area (Å²) in [4.78, 5) is 16.9. The van der Waals surface area contributed by atoms with Crippen molar-refractivity contribution in [1.29, 1.82) is 0 Å². The van der Waals surface area contributed by atoms with E-state index in [0.29, 0.717) is 22.4 Å². The van der Waals surface area contributed by atoms with Crippen molar-refractivity contribution in [2.24, 2.45) is 0 Å². The molecule has 3 rings (SSSR count). The molecule has 28 heavy (non-hydrogen) atoms. The number of aryl methyl sites for hydroxylation is 1. The lowest BCUT2D eigenvalue weighted by molar-refractivity contribution is 0.0951. The number of amides is 1. The molecular weight excluding hydrogens is 357 g/mol. The molecule has 2 aromatic carbocycles. The van der Waals surface area contributed by atoms with Crippen LogP contribution in [0.4, 0.5) is 10.1 Å². The van der Waals surface area contributed by atoms with Gasteiger partial charge in [0.1, 0.15) is 5.82 Å². The number of carbonyl (C=O) groups excluding carboxylic acids is 1. The fraction of sp³-hybridized carbons (Fsp3) is 0.182. The molecular formula is C22H22FN3O2. The molecule has 0 atom stereocenters.